The number of thiazole rings is 1. The molecule has 0 aromatic carbocycles. The molecule has 3 rings (SSSR count). The Bertz CT molecular complexity index is 894. The molecule has 0 aliphatic heterocycles. The molecule has 0 aliphatic rings. The van der Waals surface area contributed by atoms with Crippen molar-refractivity contribution in [2.75, 3.05) is 6.61 Å². The summed E-state index contributed by atoms with van der Waals surface area (Å²) in [5.74, 6) is -0.448. The monoisotopic (exact) mass is 346 g/mol. The zero-order valence-electron chi connectivity index (χ0n) is 12.6. The number of carbonyl (C=O) groups excluding carboxylic acids is 1. The third-order valence-electron chi connectivity index (χ3n) is 3.25. The summed E-state index contributed by atoms with van der Waals surface area (Å²) in [6.45, 7) is 3.70. The summed E-state index contributed by atoms with van der Waals surface area (Å²) in [4.78, 5) is 32.5. The molecule has 3 aromatic rings. The van der Waals surface area contributed by atoms with E-state index in [-0.39, 0.29) is 12.2 Å². The third kappa shape index (κ3) is 3.11. The quantitative estimate of drug-likeness (QED) is 0.731. The molecule has 0 aliphatic carbocycles. The van der Waals surface area contributed by atoms with Crippen molar-refractivity contribution < 1.29 is 9.53 Å². The lowest BCUT2D eigenvalue weighted by Gasteiger charge is -2.06. The first kappa shape index (κ1) is 15.6. The highest BCUT2D eigenvalue weighted by Crippen LogP contribution is 2.30. The van der Waals surface area contributed by atoms with Crippen molar-refractivity contribution in [2.24, 2.45) is 0 Å². The summed E-state index contributed by atoms with van der Waals surface area (Å²) in [6, 6.07) is 5.49. The number of thiophene rings is 1. The van der Waals surface area contributed by atoms with Gasteiger partial charge in [-0.1, -0.05) is 6.07 Å². The standard InChI is InChI=1S/C16H14N2O3S2/c1-3-21-16(20)10-7-11(14(19)17-9(10)2)12-8-23-15(18-12)13-5-4-6-22-13/h4-8H,3H2,1-2H3,(H,17,19). The van der Waals surface area contributed by atoms with E-state index < -0.39 is 5.97 Å². The normalized spacial score (nSPS) is 10.7. The lowest BCUT2D eigenvalue weighted by atomic mass is 10.1. The smallest absolute Gasteiger partial charge is 0.339 e. The fourth-order valence-corrected chi connectivity index (χ4v) is 3.78. The van der Waals surface area contributed by atoms with Crippen LogP contribution in [0.2, 0.25) is 0 Å². The molecule has 1 N–H and O–H groups in total. The van der Waals surface area contributed by atoms with E-state index in [0.29, 0.717) is 22.5 Å². The van der Waals surface area contributed by atoms with Crippen molar-refractivity contribution >= 4 is 28.6 Å². The molecule has 0 radical (unpaired) electrons. The lowest BCUT2D eigenvalue weighted by Crippen LogP contribution is -2.16. The van der Waals surface area contributed by atoms with Crippen LogP contribution in [0.4, 0.5) is 0 Å². The van der Waals surface area contributed by atoms with Gasteiger partial charge in [-0.3, -0.25) is 4.79 Å². The Labute approximate surface area is 140 Å². The second kappa shape index (κ2) is 6.47. The summed E-state index contributed by atoms with van der Waals surface area (Å²) in [6.07, 6.45) is 0. The maximum absolute atomic E-state index is 12.2. The van der Waals surface area contributed by atoms with Crippen LogP contribution in [-0.2, 0) is 4.74 Å². The maximum atomic E-state index is 12.2. The molecule has 0 spiro atoms. The molecule has 23 heavy (non-hydrogen) atoms. The number of aromatic amines is 1. The Morgan fingerprint density at radius 1 is 1.39 bits per heavy atom. The highest BCUT2D eigenvalue weighted by atomic mass is 32.1. The second-order valence-electron chi connectivity index (χ2n) is 4.79. The van der Waals surface area contributed by atoms with Gasteiger partial charge in [0.2, 0.25) is 0 Å². The van der Waals surface area contributed by atoms with Crippen molar-refractivity contribution in [1.82, 2.24) is 9.97 Å². The zero-order chi connectivity index (χ0) is 16.4. The molecule has 5 nitrogen and oxygen atoms in total. The van der Waals surface area contributed by atoms with Gasteiger partial charge in [-0.05, 0) is 31.4 Å². The molecule has 0 amide bonds. The van der Waals surface area contributed by atoms with Crippen molar-refractivity contribution in [3.8, 4) is 21.1 Å². The third-order valence-corrected chi connectivity index (χ3v) is 5.13. The van der Waals surface area contributed by atoms with Gasteiger partial charge in [0.05, 0.1) is 28.3 Å². The number of carbonyl (C=O) groups is 1. The molecule has 0 fully saturated rings. The maximum Gasteiger partial charge on any atom is 0.339 e. The summed E-state index contributed by atoms with van der Waals surface area (Å²) in [5.41, 5.74) is 1.51. The number of esters is 1. The number of hydrogen-bond acceptors (Lipinski definition) is 6. The van der Waals surface area contributed by atoms with E-state index in [0.717, 1.165) is 9.88 Å². The first-order valence-electron chi connectivity index (χ1n) is 7.01. The van der Waals surface area contributed by atoms with Crippen LogP contribution in [0.25, 0.3) is 21.1 Å². The van der Waals surface area contributed by atoms with E-state index in [4.69, 9.17) is 4.74 Å². The molecule has 7 heteroatoms. The van der Waals surface area contributed by atoms with Gasteiger partial charge < -0.3 is 9.72 Å². The van der Waals surface area contributed by atoms with Crippen molar-refractivity contribution in [2.45, 2.75) is 13.8 Å². The largest absolute Gasteiger partial charge is 0.462 e. The van der Waals surface area contributed by atoms with Gasteiger partial charge in [0.15, 0.2) is 0 Å². The van der Waals surface area contributed by atoms with Crippen molar-refractivity contribution in [1.29, 1.82) is 0 Å². The fourth-order valence-electron chi connectivity index (χ4n) is 2.15. The second-order valence-corrected chi connectivity index (χ2v) is 6.59. The molecule has 3 heterocycles. The van der Waals surface area contributed by atoms with Crippen LogP contribution in [0.1, 0.15) is 23.0 Å². The number of aryl methyl sites for hydroxylation is 1. The van der Waals surface area contributed by atoms with Crippen molar-refractivity contribution in [3.63, 3.8) is 0 Å². The molecule has 0 bridgehead atoms. The average molecular weight is 346 g/mol. The van der Waals surface area contributed by atoms with E-state index in [9.17, 15) is 9.59 Å². The van der Waals surface area contributed by atoms with Crippen molar-refractivity contribution in [3.05, 3.63) is 50.6 Å². The molecule has 118 valence electrons. The van der Waals surface area contributed by atoms with Gasteiger partial charge in [-0.2, -0.15) is 0 Å². The van der Waals surface area contributed by atoms with E-state index in [2.05, 4.69) is 9.97 Å². The van der Waals surface area contributed by atoms with Crippen LogP contribution < -0.4 is 5.56 Å². The number of hydrogen-bond donors (Lipinski definition) is 1. The number of nitrogens with one attached hydrogen (secondary N) is 1. The Kier molecular flexibility index (Phi) is 4.40. The summed E-state index contributed by atoms with van der Waals surface area (Å²) in [7, 11) is 0. The summed E-state index contributed by atoms with van der Waals surface area (Å²) >= 11 is 3.06. The van der Waals surface area contributed by atoms with Crippen LogP contribution in [0, 0.1) is 6.92 Å². The Hall–Kier alpha value is -2.25. The highest BCUT2D eigenvalue weighted by Gasteiger charge is 2.17. The first-order chi connectivity index (χ1) is 11.1. The molecule has 0 saturated carbocycles. The van der Waals surface area contributed by atoms with Gasteiger partial charge in [0.25, 0.3) is 5.56 Å². The van der Waals surface area contributed by atoms with Gasteiger partial charge in [0.1, 0.15) is 5.01 Å². The lowest BCUT2D eigenvalue weighted by molar-refractivity contribution is 0.0525. The van der Waals surface area contributed by atoms with E-state index in [1.165, 1.54) is 11.3 Å². The van der Waals surface area contributed by atoms with Crippen LogP contribution in [0.15, 0.2) is 33.8 Å². The van der Waals surface area contributed by atoms with E-state index in [1.807, 2.05) is 22.9 Å². The zero-order valence-corrected chi connectivity index (χ0v) is 14.2. The van der Waals surface area contributed by atoms with E-state index in [1.54, 1.807) is 31.3 Å². The number of ether oxygens (including phenoxy) is 1. The molecular weight excluding hydrogens is 332 g/mol. The Morgan fingerprint density at radius 2 is 2.22 bits per heavy atom. The molecule has 3 aromatic heterocycles. The molecular formula is C16H14N2O3S2. The Balaban J connectivity index is 2.04. The first-order valence-corrected chi connectivity index (χ1v) is 8.77. The number of aromatic nitrogens is 2. The molecule has 0 saturated heterocycles. The number of H-pyrrole nitrogens is 1. The number of pyridine rings is 1. The van der Waals surface area contributed by atoms with Crippen LogP contribution in [-0.4, -0.2) is 22.5 Å². The minimum atomic E-state index is -0.448. The van der Waals surface area contributed by atoms with Crippen LogP contribution in [0.5, 0.6) is 0 Å². The predicted octanol–water partition coefficient (Wildman–Crippen LogP) is 3.71. The fraction of sp³-hybridized carbons (Fsp3) is 0.188. The highest BCUT2D eigenvalue weighted by molar-refractivity contribution is 7.20. The number of nitrogens with zero attached hydrogens (tertiary/aromatic N) is 1. The van der Waals surface area contributed by atoms with E-state index >= 15 is 0 Å². The average Bonchev–Trinajstić information content (AvgIpc) is 3.18. The van der Waals surface area contributed by atoms with Gasteiger partial charge in [-0.15, -0.1) is 22.7 Å². The SMILES string of the molecule is CCOC(=O)c1cc(-c2csc(-c3cccs3)n2)c(=O)[nH]c1C. The topological polar surface area (TPSA) is 72.0 Å². The van der Waals surface area contributed by atoms with Gasteiger partial charge in [0, 0.05) is 11.1 Å². The minimum Gasteiger partial charge on any atom is -0.462 e. The summed E-state index contributed by atoms with van der Waals surface area (Å²) in [5, 5.41) is 4.66. The molecule has 0 atom stereocenters. The van der Waals surface area contributed by atoms with Crippen LogP contribution in [0.3, 0.4) is 0 Å². The number of rotatable bonds is 4. The minimum absolute atomic E-state index is 0.265. The van der Waals surface area contributed by atoms with Crippen LogP contribution >= 0.6 is 22.7 Å². The van der Waals surface area contributed by atoms with Gasteiger partial charge >= 0.3 is 5.97 Å². The molecule has 0 unspecified atom stereocenters. The predicted molar refractivity (Wildman–Crippen MR) is 92.2 cm³/mol. The Morgan fingerprint density at radius 3 is 2.91 bits per heavy atom. The summed E-state index contributed by atoms with van der Waals surface area (Å²) < 4.78 is 5.03. The van der Waals surface area contributed by atoms with Gasteiger partial charge in [-0.25, -0.2) is 9.78 Å².